The van der Waals surface area contributed by atoms with E-state index >= 15 is 0 Å². The van der Waals surface area contributed by atoms with Gasteiger partial charge in [0, 0.05) is 0 Å². The predicted octanol–water partition coefficient (Wildman–Crippen LogP) is -1.60. The third-order valence-corrected chi connectivity index (χ3v) is 11.8. The van der Waals surface area contributed by atoms with Gasteiger partial charge in [0.15, 0.2) is 17.8 Å². The Bertz CT molecular complexity index is 1350. The quantitative estimate of drug-likeness (QED) is 0.0680. The Morgan fingerprint density at radius 2 is 1.62 bits per heavy atom. The van der Waals surface area contributed by atoms with Crippen LogP contribution in [0.1, 0.15) is 67.2 Å². The van der Waals surface area contributed by atoms with Gasteiger partial charge in [-0.3, -0.25) is 4.79 Å². The fourth-order valence-corrected chi connectivity index (χ4v) is 9.85. The van der Waals surface area contributed by atoms with Crippen LogP contribution in [0.15, 0.2) is 0 Å². The molecule has 2 spiro atoms. The summed E-state index contributed by atoms with van der Waals surface area (Å²) in [5.41, 5.74) is -8.36. The molecule has 2 saturated carbocycles. The summed E-state index contributed by atoms with van der Waals surface area (Å²) < 4.78 is 34.3. The number of fused-ring (bicyclic) bond motifs is 1. The number of hydrogen-bond acceptors (Lipinski definition) is 16. The number of carboxylic acid groups (broad SMARTS) is 1. The van der Waals surface area contributed by atoms with Crippen molar-refractivity contribution in [3.05, 3.63) is 0 Å². The minimum Gasteiger partial charge on any atom is -0.480 e. The smallest absolute Gasteiger partial charge is 0.343 e. The Morgan fingerprint density at radius 1 is 0.980 bits per heavy atom. The highest BCUT2D eigenvalue weighted by molar-refractivity contribution is 5.94. The highest BCUT2D eigenvalue weighted by atomic mass is 16.8. The van der Waals surface area contributed by atoms with E-state index in [0.29, 0.717) is 12.8 Å². The zero-order valence-corrected chi connectivity index (χ0v) is 29.0. The third kappa shape index (κ3) is 4.84. The van der Waals surface area contributed by atoms with Gasteiger partial charge in [0.25, 0.3) is 0 Å². The number of carbonyl (C=O) groups is 4. The number of carbonyl (C=O) groups excluding carboxylic acids is 3. The summed E-state index contributed by atoms with van der Waals surface area (Å²) in [6.45, 7) is 9.84. The van der Waals surface area contributed by atoms with Crippen molar-refractivity contribution in [2.45, 2.75) is 134 Å². The van der Waals surface area contributed by atoms with E-state index in [-0.39, 0.29) is 19.6 Å². The highest BCUT2D eigenvalue weighted by Crippen LogP contribution is 2.84. The molecule has 50 heavy (non-hydrogen) atoms. The van der Waals surface area contributed by atoms with Gasteiger partial charge in [0.1, 0.15) is 31.0 Å². The molecule has 17 heteroatoms. The summed E-state index contributed by atoms with van der Waals surface area (Å²) in [5.74, 6) is -5.44. The normalized spacial score (nSPS) is 43.0. The molecular weight excluding hydrogens is 668 g/mol. The lowest BCUT2D eigenvalue weighted by Gasteiger charge is -2.48. The molecule has 15 atom stereocenters. The van der Waals surface area contributed by atoms with Crippen molar-refractivity contribution in [3.8, 4) is 0 Å². The van der Waals surface area contributed by atoms with E-state index in [4.69, 9.17) is 33.5 Å². The fraction of sp³-hybridized carbons (Fsp3) is 0.879. The summed E-state index contributed by atoms with van der Waals surface area (Å²) in [6.07, 6.45) is -9.63. The van der Waals surface area contributed by atoms with E-state index in [2.05, 4.69) is 0 Å². The standard InChI is InChI=1S/C24H30O13.C9H20O4/c1-9-16(28)35-14-13(27)22-11-7-10(20(2,3)4)21(22)15(33-6-5-32-8-12(25)26)17(29)36-19(21)37-24(22,18(30)34-11)23(9,14)31;1-3-5-7(11)9(13)8(12)6(10)4-2/h9-11,13-15,19,27,31H,5-8H2,1-4H3,(H,25,26);6-13H,3-5H2,1-2H3/t9?,10-,11?,13-,14-,15-,19-,21?,22-,23+,24+;6-,7+,8-,9-/m01/s1. The van der Waals surface area contributed by atoms with Crippen LogP contribution in [0.2, 0.25) is 0 Å². The van der Waals surface area contributed by atoms with Crippen LogP contribution in [0.5, 0.6) is 0 Å². The van der Waals surface area contributed by atoms with Gasteiger partial charge in [0.2, 0.25) is 11.9 Å². The van der Waals surface area contributed by atoms with E-state index < -0.39 is 125 Å². The van der Waals surface area contributed by atoms with Gasteiger partial charge in [0.05, 0.1) is 42.2 Å². The molecule has 6 aliphatic rings. The SMILES string of the molecule is CC1C(=O)O[C@H]2[C@H](O)[C@@]34C5C[C@@H](C(C)(C)C)C36[C@@H](OC(=O)[C@@H]6OCCOCC(=O)O)O[C@@]4(C(=O)O5)[C@@]12O.CCC[C@H](O)[C@@H](O)[C@H](O)[C@H](O)CC. The topological polar surface area (TPSA) is 265 Å². The second-order valence-electron chi connectivity index (χ2n) is 15.3. The van der Waals surface area contributed by atoms with Gasteiger partial charge in [-0.2, -0.15) is 0 Å². The molecule has 2 aliphatic carbocycles. The largest absolute Gasteiger partial charge is 0.480 e. The lowest BCUT2D eigenvalue weighted by Crippen LogP contribution is -2.67. The van der Waals surface area contributed by atoms with Crippen molar-refractivity contribution in [1.82, 2.24) is 0 Å². The van der Waals surface area contributed by atoms with Gasteiger partial charge in [-0.05, 0) is 37.5 Å². The number of esters is 3. The molecule has 0 aromatic carbocycles. The molecule has 0 radical (unpaired) electrons. The maximum atomic E-state index is 13.7. The summed E-state index contributed by atoms with van der Waals surface area (Å²) in [7, 11) is 0. The van der Waals surface area contributed by atoms with Crippen LogP contribution < -0.4 is 0 Å². The lowest BCUT2D eigenvalue weighted by molar-refractivity contribution is -0.240. The molecule has 4 saturated heterocycles. The summed E-state index contributed by atoms with van der Waals surface area (Å²) in [5, 5.41) is 70.1. The average molecular weight is 719 g/mol. The Labute approximate surface area is 288 Å². The molecule has 284 valence electrons. The molecular formula is C33H50O17. The van der Waals surface area contributed by atoms with E-state index in [1.807, 2.05) is 27.7 Å². The molecule has 4 heterocycles. The van der Waals surface area contributed by atoms with Crippen LogP contribution in [-0.4, -0.2) is 146 Å². The molecule has 0 aromatic rings. The van der Waals surface area contributed by atoms with Crippen molar-refractivity contribution in [3.63, 3.8) is 0 Å². The predicted molar refractivity (Wildman–Crippen MR) is 163 cm³/mol. The summed E-state index contributed by atoms with van der Waals surface area (Å²) in [6, 6.07) is 0. The van der Waals surface area contributed by atoms with Crippen molar-refractivity contribution < 1.29 is 83.3 Å². The first-order valence-corrected chi connectivity index (χ1v) is 17.1. The Balaban J connectivity index is 0.000000320. The summed E-state index contributed by atoms with van der Waals surface area (Å²) >= 11 is 0. The maximum absolute atomic E-state index is 13.7. The first kappa shape index (κ1) is 38.7. The molecule has 0 bridgehead atoms. The molecule has 17 nitrogen and oxygen atoms in total. The van der Waals surface area contributed by atoms with Gasteiger partial charge in [-0.15, -0.1) is 0 Å². The van der Waals surface area contributed by atoms with Crippen LogP contribution in [0.25, 0.3) is 0 Å². The van der Waals surface area contributed by atoms with Gasteiger partial charge < -0.3 is 64.2 Å². The van der Waals surface area contributed by atoms with E-state index in [9.17, 15) is 49.8 Å². The Kier molecular flexibility index (Phi) is 10.2. The number of aliphatic hydroxyl groups is 6. The van der Waals surface area contributed by atoms with Crippen LogP contribution in [-0.2, 0) is 47.6 Å². The molecule has 6 rings (SSSR count). The number of ether oxygens (including phenoxy) is 6. The first-order valence-electron chi connectivity index (χ1n) is 17.1. The van der Waals surface area contributed by atoms with Gasteiger partial charge in [-0.25, -0.2) is 14.4 Å². The van der Waals surface area contributed by atoms with Crippen molar-refractivity contribution in [2.24, 2.45) is 28.1 Å². The Morgan fingerprint density at radius 3 is 2.20 bits per heavy atom. The lowest BCUT2D eigenvalue weighted by atomic mass is 9.51. The van der Waals surface area contributed by atoms with E-state index in [0.717, 1.165) is 6.42 Å². The summed E-state index contributed by atoms with van der Waals surface area (Å²) in [4.78, 5) is 50.3. The second-order valence-corrected chi connectivity index (χ2v) is 15.3. The van der Waals surface area contributed by atoms with Crippen LogP contribution in [0.3, 0.4) is 0 Å². The molecule has 7 N–H and O–H groups in total. The number of aliphatic hydroxyl groups excluding tert-OH is 5. The van der Waals surface area contributed by atoms with Gasteiger partial charge in [-0.1, -0.05) is 41.0 Å². The zero-order chi connectivity index (χ0) is 37.4. The molecule has 3 unspecified atom stereocenters. The minimum absolute atomic E-state index is 0.154. The zero-order valence-electron chi connectivity index (χ0n) is 29.0. The van der Waals surface area contributed by atoms with Crippen LogP contribution in [0.4, 0.5) is 0 Å². The number of carboxylic acids is 1. The molecule has 0 amide bonds. The molecule has 0 aromatic heterocycles. The monoisotopic (exact) mass is 718 g/mol. The van der Waals surface area contributed by atoms with Crippen molar-refractivity contribution in [1.29, 1.82) is 0 Å². The number of aliphatic carboxylic acids is 1. The third-order valence-electron chi connectivity index (χ3n) is 11.8. The Hall–Kier alpha value is -2.48. The second kappa shape index (κ2) is 13.2. The van der Waals surface area contributed by atoms with Crippen LogP contribution in [0, 0.1) is 28.1 Å². The first-order chi connectivity index (χ1) is 23.3. The molecule has 6 fully saturated rings. The number of rotatable bonds is 12. The van der Waals surface area contributed by atoms with E-state index in [1.54, 1.807) is 6.92 Å². The van der Waals surface area contributed by atoms with Crippen molar-refractivity contribution in [2.75, 3.05) is 19.8 Å². The molecule has 4 aliphatic heterocycles. The maximum Gasteiger partial charge on any atom is 0.343 e. The van der Waals surface area contributed by atoms with E-state index in [1.165, 1.54) is 6.92 Å². The average Bonchev–Trinajstić information content (AvgIpc) is 3.77. The van der Waals surface area contributed by atoms with Crippen LogP contribution >= 0.6 is 0 Å². The van der Waals surface area contributed by atoms with Gasteiger partial charge >= 0.3 is 23.9 Å². The van der Waals surface area contributed by atoms with Crippen molar-refractivity contribution >= 4 is 23.9 Å². The highest BCUT2D eigenvalue weighted by Gasteiger charge is 3.04. The number of hydrogen-bond donors (Lipinski definition) is 7. The fourth-order valence-electron chi connectivity index (χ4n) is 9.85. The minimum atomic E-state index is -2.29.